The van der Waals surface area contributed by atoms with Crippen molar-refractivity contribution in [2.45, 2.75) is 38.7 Å². The van der Waals surface area contributed by atoms with Gasteiger partial charge in [0.15, 0.2) is 23.3 Å². The Hall–Kier alpha value is -1.66. The van der Waals surface area contributed by atoms with Gasteiger partial charge in [-0.1, -0.05) is 0 Å². The molecule has 1 aliphatic carbocycles. The van der Waals surface area contributed by atoms with Crippen LogP contribution in [0.1, 0.15) is 38.7 Å². The highest BCUT2D eigenvalue weighted by molar-refractivity contribution is 5.77. The van der Waals surface area contributed by atoms with Crippen LogP contribution in [0.4, 0.5) is 22.0 Å². The number of carbonyl (C=O) groups is 1. The highest BCUT2D eigenvalue weighted by Gasteiger charge is 2.50. The van der Waals surface area contributed by atoms with Gasteiger partial charge in [0.25, 0.3) is 0 Å². The second kappa shape index (κ2) is 4.96. The third kappa shape index (κ3) is 2.87. The van der Waals surface area contributed by atoms with Crippen molar-refractivity contribution >= 4 is 5.97 Å². The second-order valence-corrected chi connectivity index (χ2v) is 5.97. The number of halogens is 5. The molecule has 0 spiro atoms. The number of ether oxygens (including phenoxy) is 1. The van der Waals surface area contributed by atoms with E-state index >= 15 is 0 Å². The lowest BCUT2D eigenvalue weighted by atomic mass is 10.1. The molecule has 1 saturated carbocycles. The molecule has 1 aliphatic rings. The van der Waals surface area contributed by atoms with Crippen LogP contribution in [0.15, 0.2) is 0 Å². The Morgan fingerprint density at radius 3 is 1.81 bits per heavy atom. The Kier molecular flexibility index (Phi) is 3.71. The van der Waals surface area contributed by atoms with Gasteiger partial charge in [-0.2, -0.15) is 0 Å². The summed E-state index contributed by atoms with van der Waals surface area (Å²) in [5, 5.41) is 0. The summed E-state index contributed by atoms with van der Waals surface area (Å²) in [6, 6.07) is 0. The molecular formula is C14H13F5O2. The average Bonchev–Trinajstić information content (AvgIpc) is 3.12. The summed E-state index contributed by atoms with van der Waals surface area (Å²) in [6.07, 6.45) is -0.00668. The predicted molar refractivity (Wildman–Crippen MR) is 62.9 cm³/mol. The smallest absolute Gasteiger partial charge is 0.310 e. The Labute approximate surface area is 117 Å². The molecule has 7 heteroatoms. The van der Waals surface area contributed by atoms with Crippen LogP contribution in [0, 0.1) is 35.0 Å². The molecule has 116 valence electrons. The average molecular weight is 308 g/mol. The lowest BCUT2D eigenvalue weighted by Gasteiger charge is -2.19. The minimum Gasteiger partial charge on any atom is -0.460 e. The van der Waals surface area contributed by atoms with Crippen molar-refractivity contribution in [3.63, 3.8) is 0 Å². The van der Waals surface area contributed by atoms with Crippen molar-refractivity contribution < 1.29 is 31.5 Å². The van der Waals surface area contributed by atoms with E-state index in [-0.39, 0.29) is 6.42 Å². The fourth-order valence-corrected chi connectivity index (χ4v) is 2.10. The Balaban J connectivity index is 2.29. The third-order valence-electron chi connectivity index (χ3n) is 3.11. The van der Waals surface area contributed by atoms with Gasteiger partial charge in [-0.3, -0.25) is 4.79 Å². The monoisotopic (exact) mass is 308 g/mol. The van der Waals surface area contributed by atoms with Gasteiger partial charge in [0.05, 0.1) is 5.92 Å². The first-order valence-corrected chi connectivity index (χ1v) is 6.28. The van der Waals surface area contributed by atoms with Crippen molar-refractivity contribution in [3.8, 4) is 0 Å². The van der Waals surface area contributed by atoms with E-state index in [9.17, 15) is 26.7 Å². The van der Waals surface area contributed by atoms with Gasteiger partial charge in [0.1, 0.15) is 5.60 Å². The fourth-order valence-electron chi connectivity index (χ4n) is 2.10. The van der Waals surface area contributed by atoms with Crippen LogP contribution in [0.3, 0.4) is 0 Å². The topological polar surface area (TPSA) is 26.3 Å². The molecule has 0 heterocycles. The molecule has 1 aromatic carbocycles. The quantitative estimate of drug-likeness (QED) is 0.359. The van der Waals surface area contributed by atoms with Gasteiger partial charge >= 0.3 is 5.97 Å². The predicted octanol–water partition coefficient (Wildman–Crippen LogP) is 3.83. The maximum absolute atomic E-state index is 13.6. The van der Waals surface area contributed by atoms with Crippen LogP contribution in [0.5, 0.6) is 0 Å². The molecular weight excluding hydrogens is 295 g/mol. The summed E-state index contributed by atoms with van der Waals surface area (Å²) < 4.78 is 71.4. The van der Waals surface area contributed by atoms with Crippen molar-refractivity contribution in [2.75, 3.05) is 0 Å². The van der Waals surface area contributed by atoms with Gasteiger partial charge in [0.2, 0.25) is 5.82 Å². The van der Waals surface area contributed by atoms with Crippen LogP contribution >= 0.6 is 0 Å². The second-order valence-electron chi connectivity index (χ2n) is 5.97. The van der Waals surface area contributed by atoms with Gasteiger partial charge in [-0.05, 0) is 27.2 Å². The number of rotatable bonds is 2. The van der Waals surface area contributed by atoms with Crippen LogP contribution in [0.25, 0.3) is 0 Å². The van der Waals surface area contributed by atoms with Crippen molar-refractivity contribution in [1.82, 2.24) is 0 Å². The molecule has 0 saturated heterocycles. The van der Waals surface area contributed by atoms with E-state index in [4.69, 9.17) is 4.74 Å². The first-order valence-electron chi connectivity index (χ1n) is 6.28. The van der Waals surface area contributed by atoms with Crippen LogP contribution in [0.2, 0.25) is 0 Å². The molecule has 0 N–H and O–H groups in total. The van der Waals surface area contributed by atoms with Gasteiger partial charge in [-0.15, -0.1) is 0 Å². The van der Waals surface area contributed by atoms with Gasteiger partial charge in [-0.25, -0.2) is 22.0 Å². The van der Waals surface area contributed by atoms with Crippen molar-refractivity contribution in [1.29, 1.82) is 0 Å². The number of carbonyl (C=O) groups excluding carboxylic acids is 1. The minimum atomic E-state index is -2.21. The molecule has 21 heavy (non-hydrogen) atoms. The maximum atomic E-state index is 13.6. The lowest BCUT2D eigenvalue weighted by molar-refractivity contribution is -0.156. The van der Waals surface area contributed by atoms with E-state index in [0.29, 0.717) is 0 Å². The van der Waals surface area contributed by atoms with E-state index < -0.39 is 58.1 Å². The summed E-state index contributed by atoms with van der Waals surface area (Å²) in [4.78, 5) is 11.7. The highest BCUT2D eigenvalue weighted by atomic mass is 19.2. The highest BCUT2D eigenvalue weighted by Crippen LogP contribution is 2.51. The van der Waals surface area contributed by atoms with Gasteiger partial charge in [0, 0.05) is 11.5 Å². The molecule has 0 aromatic heterocycles. The number of hydrogen-bond acceptors (Lipinski definition) is 2. The molecule has 0 radical (unpaired) electrons. The standard InChI is InChI=1S/C14H13F5O2/c1-14(2,3)21-13(20)6-4-5(6)7-8(15)10(17)12(19)11(18)9(7)16/h5-6H,4H2,1-3H3/t5-,6-/m1/s1. The summed E-state index contributed by atoms with van der Waals surface area (Å²) >= 11 is 0. The number of benzene rings is 1. The first-order chi connectivity index (χ1) is 9.54. The molecule has 0 amide bonds. The van der Waals surface area contributed by atoms with E-state index in [1.54, 1.807) is 20.8 Å². The molecule has 0 aliphatic heterocycles. The van der Waals surface area contributed by atoms with Gasteiger partial charge < -0.3 is 4.74 Å². The Bertz CT molecular complexity index is 577. The molecule has 2 rings (SSSR count). The molecule has 0 bridgehead atoms. The van der Waals surface area contributed by atoms with E-state index in [0.717, 1.165) is 0 Å². The maximum Gasteiger partial charge on any atom is 0.310 e. The Morgan fingerprint density at radius 1 is 0.952 bits per heavy atom. The summed E-state index contributed by atoms with van der Waals surface area (Å²) in [5.41, 5.74) is -1.73. The zero-order chi connectivity index (χ0) is 16.1. The van der Waals surface area contributed by atoms with Crippen LogP contribution < -0.4 is 0 Å². The summed E-state index contributed by atoms with van der Waals surface area (Å²) in [6.45, 7) is 4.84. The van der Waals surface area contributed by atoms with Crippen molar-refractivity contribution in [3.05, 3.63) is 34.6 Å². The van der Waals surface area contributed by atoms with E-state index in [1.165, 1.54) is 0 Å². The van der Waals surface area contributed by atoms with Crippen LogP contribution in [-0.4, -0.2) is 11.6 Å². The molecule has 2 nitrogen and oxygen atoms in total. The largest absolute Gasteiger partial charge is 0.460 e. The first kappa shape index (κ1) is 15.7. The molecule has 1 fully saturated rings. The zero-order valence-corrected chi connectivity index (χ0v) is 11.6. The normalized spacial score (nSPS) is 21.3. The lowest BCUT2D eigenvalue weighted by Crippen LogP contribution is -2.25. The number of hydrogen-bond donors (Lipinski definition) is 0. The SMILES string of the molecule is CC(C)(C)OC(=O)[C@@H]1C[C@H]1c1c(F)c(F)c(F)c(F)c1F. The van der Waals surface area contributed by atoms with Crippen LogP contribution in [-0.2, 0) is 9.53 Å². The van der Waals surface area contributed by atoms with E-state index in [2.05, 4.69) is 0 Å². The Morgan fingerprint density at radius 2 is 1.38 bits per heavy atom. The summed E-state index contributed by atoms with van der Waals surface area (Å²) in [7, 11) is 0. The zero-order valence-electron chi connectivity index (χ0n) is 11.6. The number of esters is 1. The minimum absolute atomic E-state index is 0.00668. The molecule has 1 aromatic rings. The molecule has 0 unspecified atom stereocenters. The van der Waals surface area contributed by atoms with E-state index in [1.807, 2.05) is 0 Å². The fraction of sp³-hybridized carbons (Fsp3) is 0.500. The molecule has 2 atom stereocenters. The third-order valence-corrected chi connectivity index (χ3v) is 3.11. The summed E-state index contributed by atoms with van der Waals surface area (Å²) in [5.74, 6) is -12.6. The van der Waals surface area contributed by atoms with Crippen molar-refractivity contribution in [2.24, 2.45) is 5.92 Å².